The fourth-order valence-corrected chi connectivity index (χ4v) is 12.8. The third kappa shape index (κ3) is 3.27. The molecule has 44 heavy (non-hydrogen) atoms. The molecule has 0 radical (unpaired) electrons. The van der Waals surface area contributed by atoms with Gasteiger partial charge in [0.2, 0.25) is 0 Å². The van der Waals surface area contributed by atoms with E-state index in [0.29, 0.717) is 0 Å². The van der Waals surface area contributed by atoms with Crippen LogP contribution in [-0.4, -0.2) is 13.9 Å². The van der Waals surface area contributed by atoms with Crippen LogP contribution in [0.4, 0.5) is 17.1 Å². The van der Waals surface area contributed by atoms with E-state index in [1.54, 1.807) is 0 Å². The molecule has 5 aromatic carbocycles. The van der Waals surface area contributed by atoms with Crippen LogP contribution in [-0.2, 0) is 0 Å². The summed E-state index contributed by atoms with van der Waals surface area (Å²) in [5.41, 5.74) is 8.94. The summed E-state index contributed by atoms with van der Waals surface area (Å²) in [4.78, 5) is 16.9. The minimum Gasteiger partial charge on any atom is -0.310 e. The SMILES string of the molecule is O=C1c2c3cccccc-3cc2-c2cccc(N3c4ccccc4[Si](c4ccccc4)(c4ccccc4)c4ccccc43)c21. The van der Waals surface area contributed by atoms with E-state index in [1.165, 1.54) is 20.7 Å². The molecule has 4 aliphatic rings. The quantitative estimate of drug-likeness (QED) is 0.208. The van der Waals surface area contributed by atoms with Crippen LogP contribution in [0.5, 0.6) is 0 Å². The first-order valence-corrected chi connectivity index (χ1v) is 17.1. The zero-order valence-electron chi connectivity index (χ0n) is 23.9. The van der Waals surface area contributed by atoms with Gasteiger partial charge in [-0.05, 0) is 67.3 Å². The lowest BCUT2D eigenvalue weighted by Crippen LogP contribution is -2.77. The predicted molar refractivity (Wildman–Crippen MR) is 184 cm³/mol. The molecule has 206 valence electrons. The van der Waals surface area contributed by atoms with Gasteiger partial charge in [0.25, 0.3) is 0 Å². The molecular formula is C41H27NOSi. The first-order chi connectivity index (χ1) is 21.8. The molecule has 0 amide bonds. The minimum absolute atomic E-state index is 0.0990. The van der Waals surface area contributed by atoms with Crippen LogP contribution in [0.3, 0.4) is 0 Å². The molecule has 0 spiro atoms. The molecule has 0 saturated carbocycles. The lowest BCUT2D eigenvalue weighted by molar-refractivity contribution is 0.104. The second-order valence-electron chi connectivity index (χ2n) is 11.6. The van der Waals surface area contributed by atoms with Crippen molar-refractivity contribution >= 4 is 51.7 Å². The number of nitrogens with zero attached hydrogens (tertiary/aromatic N) is 1. The number of carbonyl (C=O) groups excluding carboxylic acids is 1. The van der Waals surface area contributed by atoms with Gasteiger partial charge in [0.1, 0.15) is 0 Å². The number of carbonyl (C=O) groups is 1. The Morgan fingerprint density at radius 1 is 0.409 bits per heavy atom. The molecule has 5 aromatic rings. The van der Waals surface area contributed by atoms with Gasteiger partial charge >= 0.3 is 0 Å². The van der Waals surface area contributed by atoms with E-state index in [0.717, 1.165) is 50.4 Å². The maximum absolute atomic E-state index is 14.5. The maximum Gasteiger partial charge on any atom is 0.197 e. The number of hydrogen-bond acceptors (Lipinski definition) is 2. The maximum atomic E-state index is 14.5. The second-order valence-corrected chi connectivity index (χ2v) is 15.3. The highest BCUT2D eigenvalue weighted by Crippen LogP contribution is 2.50. The van der Waals surface area contributed by atoms with Crippen molar-refractivity contribution in [2.24, 2.45) is 0 Å². The zero-order chi connectivity index (χ0) is 29.3. The molecule has 2 nitrogen and oxygen atoms in total. The van der Waals surface area contributed by atoms with E-state index in [9.17, 15) is 4.79 Å². The summed E-state index contributed by atoms with van der Waals surface area (Å²) >= 11 is 0. The van der Waals surface area contributed by atoms with E-state index in [4.69, 9.17) is 0 Å². The van der Waals surface area contributed by atoms with Crippen molar-refractivity contribution in [1.29, 1.82) is 0 Å². The molecule has 1 heterocycles. The first-order valence-electron chi connectivity index (χ1n) is 15.1. The van der Waals surface area contributed by atoms with Gasteiger partial charge in [-0.3, -0.25) is 4.79 Å². The lowest BCUT2D eigenvalue weighted by atomic mass is 10.0. The van der Waals surface area contributed by atoms with Crippen molar-refractivity contribution in [2.45, 2.75) is 0 Å². The van der Waals surface area contributed by atoms with Gasteiger partial charge in [0.05, 0.1) is 11.3 Å². The highest BCUT2D eigenvalue weighted by atomic mass is 28.3. The Bertz CT molecular complexity index is 2120. The van der Waals surface area contributed by atoms with E-state index in [-0.39, 0.29) is 5.78 Å². The highest BCUT2D eigenvalue weighted by Gasteiger charge is 2.49. The fourth-order valence-electron chi connectivity index (χ4n) is 7.73. The van der Waals surface area contributed by atoms with Crippen LogP contribution in [0.2, 0.25) is 0 Å². The summed E-state index contributed by atoms with van der Waals surface area (Å²) in [6, 6.07) is 58.5. The van der Waals surface area contributed by atoms with E-state index >= 15 is 0 Å². The molecule has 3 heteroatoms. The molecule has 0 atom stereocenters. The Labute approximate surface area is 257 Å². The van der Waals surface area contributed by atoms with Crippen LogP contribution < -0.4 is 25.6 Å². The van der Waals surface area contributed by atoms with Gasteiger partial charge < -0.3 is 4.90 Å². The second kappa shape index (κ2) is 9.50. The van der Waals surface area contributed by atoms with Crippen LogP contribution in [0.15, 0.2) is 164 Å². The summed E-state index contributed by atoms with van der Waals surface area (Å²) in [5, 5.41) is 5.34. The summed E-state index contributed by atoms with van der Waals surface area (Å²) in [6.07, 6.45) is 0. The molecule has 1 aliphatic heterocycles. The molecule has 0 bridgehead atoms. The monoisotopic (exact) mass is 577 g/mol. The number of para-hydroxylation sites is 2. The van der Waals surface area contributed by atoms with E-state index in [2.05, 4.69) is 150 Å². The summed E-state index contributed by atoms with van der Waals surface area (Å²) < 4.78 is 0. The van der Waals surface area contributed by atoms with Crippen LogP contribution in [0, 0.1) is 0 Å². The molecule has 0 N–H and O–H groups in total. The summed E-state index contributed by atoms with van der Waals surface area (Å²) in [7, 11) is -2.72. The van der Waals surface area contributed by atoms with Crippen molar-refractivity contribution in [3.05, 3.63) is 175 Å². The standard InChI is InChI=1S/C41H27NOSi/c43-41-39-31-20-9-1-4-15-28(31)27-33(39)32-21-14-24-36(40(32)41)42-34-22-10-12-25-37(34)44(29-16-5-2-6-17-29,30-18-7-3-8-19-30)38-26-13-11-23-35(38)42/h1-27H. The summed E-state index contributed by atoms with van der Waals surface area (Å²) in [6.45, 7) is 0. The smallest absolute Gasteiger partial charge is 0.197 e. The third-order valence-electron chi connectivity index (χ3n) is 9.45. The fraction of sp³-hybridized carbons (Fsp3) is 0. The predicted octanol–water partition coefficient (Wildman–Crippen LogP) is 7.16. The normalized spacial score (nSPS) is 14.1. The molecule has 0 unspecified atom stereocenters. The van der Waals surface area contributed by atoms with Crippen LogP contribution in [0.25, 0.3) is 22.3 Å². The number of anilines is 3. The molecule has 3 aliphatic carbocycles. The Morgan fingerprint density at radius 3 is 1.55 bits per heavy atom. The third-order valence-corrected chi connectivity index (χ3v) is 14.3. The van der Waals surface area contributed by atoms with Gasteiger partial charge in [-0.2, -0.15) is 0 Å². The average Bonchev–Trinajstić information content (AvgIpc) is 3.47. The van der Waals surface area contributed by atoms with Crippen molar-refractivity contribution in [3.8, 4) is 22.3 Å². The molecule has 9 rings (SSSR count). The Balaban J connectivity index is 1.35. The van der Waals surface area contributed by atoms with Crippen molar-refractivity contribution in [3.63, 3.8) is 0 Å². The van der Waals surface area contributed by atoms with Crippen LogP contribution in [0.1, 0.15) is 15.9 Å². The van der Waals surface area contributed by atoms with Gasteiger partial charge in [0.15, 0.2) is 13.9 Å². The minimum atomic E-state index is -2.72. The number of hydrogen-bond donors (Lipinski definition) is 0. The van der Waals surface area contributed by atoms with Crippen molar-refractivity contribution in [1.82, 2.24) is 0 Å². The zero-order valence-corrected chi connectivity index (χ0v) is 24.9. The number of benzene rings is 5. The number of rotatable bonds is 3. The van der Waals surface area contributed by atoms with Crippen molar-refractivity contribution in [2.75, 3.05) is 4.90 Å². The Hall–Kier alpha value is -5.51. The Kier molecular flexibility index (Phi) is 5.40. The van der Waals surface area contributed by atoms with Gasteiger partial charge in [-0.1, -0.05) is 140 Å². The van der Waals surface area contributed by atoms with Gasteiger partial charge in [-0.15, -0.1) is 0 Å². The Morgan fingerprint density at radius 2 is 0.909 bits per heavy atom. The highest BCUT2D eigenvalue weighted by molar-refractivity contribution is 7.21. The van der Waals surface area contributed by atoms with E-state index < -0.39 is 8.07 Å². The average molecular weight is 578 g/mol. The van der Waals surface area contributed by atoms with Gasteiger partial charge in [-0.25, -0.2) is 0 Å². The molecule has 0 aromatic heterocycles. The topological polar surface area (TPSA) is 20.3 Å². The molecule has 0 fully saturated rings. The number of fused-ring (bicyclic) bond motifs is 7. The van der Waals surface area contributed by atoms with Gasteiger partial charge in [0, 0.05) is 16.9 Å². The molecular weight excluding hydrogens is 551 g/mol. The number of ketones is 1. The molecule has 0 saturated heterocycles. The lowest BCUT2D eigenvalue weighted by Gasteiger charge is -2.45. The first kappa shape index (κ1) is 25.0. The summed E-state index contributed by atoms with van der Waals surface area (Å²) in [5.74, 6) is 0.0990. The van der Waals surface area contributed by atoms with E-state index in [1.807, 2.05) is 18.2 Å². The van der Waals surface area contributed by atoms with Crippen LogP contribution >= 0.6 is 0 Å². The van der Waals surface area contributed by atoms with Crippen molar-refractivity contribution < 1.29 is 4.79 Å². The largest absolute Gasteiger partial charge is 0.310 e.